The average molecular weight is 229 g/mol. The highest BCUT2D eigenvalue weighted by Crippen LogP contribution is 2.50. The largest absolute Gasteiger partial charge is 0.189 e. The third kappa shape index (κ3) is 2.72. The van der Waals surface area contributed by atoms with Crippen LogP contribution in [0.25, 0.3) is 0 Å². The molecule has 0 heterocycles. The molecule has 2 saturated carbocycles. The van der Waals surface area contributed by atoms with E-state index in [0.29, 0.717) is 6.04 Å². The van der Waals surface area contributed by atoms with Gasteiger partial charge in [0.2, 0.25) is 0 Å². The Morgan fingerprint density at radius 1 is 1.27 bits per heavy atom. The highest BCUT2D eigenvalue weighted by atomic mass is 35.5. The summed E-state index contributed by atoms with van der Waals surface area (Å²) in [6, 6.07) is 0.360. The van der Waals surface area contributed by atoms with E-state index >= 15 is 0 Å². The molecule has 2 rings (SSSR count). The van der Waals surface area contributed by atoms with E-state index in [1.807, 2.05) is 13.8 Å². The highest BCUT2D eigenvalue weighted by Gasteiger charge is 2.42. The predicted molar refractivity (Wildman–Crippen MR) is 63.2 cm³/mol. The molecular formula is C12H21ClN2. The van der Waals surface area contributed by atoms with Crippen LogP contribution < -0.4 is 0 Å². The van der Waals surface area contributed by atoms with Crippen molar-refractivity contribution in [1.82, 2.24) is 0 Å². The zero-order valence-corrected chi connectivity index (χ0v) is 10.7. The van der Waals surface area contributed by atoms with Gasteiger partial charge in [-0.15, -0.1) is 0 Å². The van der Waals surface area contributed by atoms with Gasteiger partial charge in [0.15, 0.2) is 0 Å². The molecule has 2 aliphatic rings. The van der Waals surface area contributed by atoms with Crippen molar-refractivity contribution in [3.05, 3.63) is 0 Å². The number of halogens is 1. The van der Waals surface area contributed by atoms with E-state index in [2.05, 4.69) is 17.2 Å². The number of rotatable bonds is 3. The van der Waals surface area contributed by atoms with Crippen LogP contribution in [0, 0.1) is 17.8 Å². The first-order valence-electron chi connectivity index (χ1n) is 6.06. The summed E-state index contributed by atoms with van der Waals surface area (Å²) in [6.45, 7) is 5.95. The third-order valence-corrected chi connectivity index (χ3v) is 3.97. The van der Waals surface area contributed by atoms with Crippen LogP contribution in [-0.4, -0.2) is 11.0 Å². The lowest BCUT2D eigenvalue weighted by atomic mass is 9.84. The molecule has 3 heteroatoms. The van der Waals surface area contributed by atoms with Gasteiger partial charge in [0, 0.05) is 0 Å². The van der Waals surface area contributed by atoms with Gasteiger partial charge in [-0.1, -0.05) is 18.0 Å². The second-order valence-electron chi connectivity index (χ2n) is 5.70. The van der Waals surface area contributed by atoms with Gasteiger partial charge in [-0.05, 0) is 57.8 Å². The van der Waals surface area contributed by atoms with E-state index in [4.69, 9.17) is 11.6 Å². The van der Waals surface area contributed by atoms with Crippen molar-refractivity contribution in [2.24, 2.45) is 28.0 Å². The second-order valence-corrected chi connectivity index (χ2v) is 6.63. The molecule has 2 bridgehead atoms. The first kappa shape index (κ1) is 11.4. The molecule has 0 aliphatic heterocycles. The Kier molecular flexibility index (Phi) is 3.07. The number of hydrogen-bond donors (Lipinski definition) is 0. The normalized spacial score (nSPS) is 37.7. The number of fused-ring (bicyclic) bond motifs is 2. The Morgan fingerprint density at radius 3 is 2.47 bits per heavy atom. The molecule has 15 heavy (non-hydrogen) atoms. The fourth-order valence-corrected chi connectivity index (χ4v) is 3.24. The molecule has 0 spiro atoms. The van der Waals surface area contributed by atoms with Gasteiger partial charge >= 0.3 is 0 Å². The van der Waals surface area contributed by atoms with E-state index in [0.717, 1.165) is 17.8 Å². The van der Waals surface area contributed by atoms with Crippen molar-refractivity contribution < 1.29 is 0 Å². The maximum Gasteiger partial charge on any atom is 0.149 e. The topological polar surface area (TPSA) is 24.7 Å². The van der Waals surface area contributed by atoms with Crippen LogP contribution >= 0.6 is 11.6 Å². The van der Waals surface area contributed by atoms with Crippen LogP contribution in [0.4, 0.5) is 0 Å². The van der Waals surface area contributed by atoms with Gasteiger partial charge in [-0.2, -0.15) is 10.2 Å². The maximum atomic E-state index is 6.00. The van der Waals surface area contributed by atoms with Gasteiger partial charge in [-0.25, -0.2) is 0 Å². The van der Waals surface area contributed by atoms with Crippen LogP contribution in [0.2, 0.25) is 0 Å². The molecule has 4 atom stereocenters. The van der Waals surface area contributed by atoms with Gasteiger partial charge < -0.3 is 0 Å². The molecule has 2 aliphatic carbocycles. The van der Waals surface area contributed by atoms with Gasteiger partial charge in [0.25, 0.3) is 0 Å². The van der Waals surface area contributed by atoms with E-state index in [1.165, 1.54) is 25.7 Å². The lowest BCUT2D eigenvalue weighted by Crippen LogP contribution is -2.22. The smallest absolute Gasteiger partial charge is 0.149 e. The molecule has 0 aromatic heterocycles. The molecule has 0 aromatic carbocycles. The van der Waals surface area contributed by atoms with Gasteiger partial charge in [0.1, 0.15) is 5.00 Å². The summed E-state index contributed by atoms with van der Waals surface area (Å²) < 4.78 is 0. The molecule has 0 radical (unpaired) electrons. The SMILES string of the molecule is CC(N=NC(C)(C)Cl)C1CC2CCC1C2. The molecular weight excluding hydrogens is 208 g/mol. The molecule has 0 saturated heterocycles. The zero-order valence-electron chi connectivity index (χ0n) is 9.91. The number of azo groups is 1. The molecule has 2 nitrogen and oxygen atoms in total. The maximum absolute atomic E-state index is 6.00. The van der Waals surface area contributed by atoms with Crippen molar-refractivity contribution in [2.45, 2.75) is 57.5 Å². The van der Waals surface area contributed by atoms with Crippen molar-refractivity contribution in [3.63, 3.8) is 0 Å². The Bertz CT molecular complexity index is 257. The first-order chi connectivity index (χ1) is 6.96. The zero-order chi connectivity index (χ0) is 11.1. The Morgan fingerprint density at radius 2 is 2.00 bits per heavy atom. The Hall–Kier alpha value is -0.110. The standard InChI is InChI=1S/C12H21ClN2/c1-8(14-15-12(2,3)13)11-7-9-4-5-10(11)6-9/h8-11H,4-7H2,1-3H3. The van der Waals surface area contributed by atoms with E-state index in [-0.39, 0.29) is 0 Å². The minimum atomic E-state index is -0.536. The molecule has 0 N–H and O–H groups in total. The molecule has 0 amide bonds. The minimum absolute atomic E-state index is 0.360. The minimum Gasteiger partial charge on any atom is -0.189 e. The number of hydrogen-bond acceptors (Lipinski definition) is 2. The summed E-state index contributed by atoms with van der Waals surface area (Å²) in [7, 11) is 0. The number of nitrogens with zero attached hydrogens (tertiary/aromatic N) is 2. The summed E-state index contributed by atoms with van der Waals surface area (Å²) in [5.41, 5.74) is 0. The Labute approximate surface area is 97.5 Å². The van der Waals surface area contributed by atoms with Crippen LogP contribution in [0.3, 0.4) is 0 Å². The third-order valence-electron chi connectivity index (χ3n) is 3.89. The van der Waals surface area contributed by atoms with Crippen molar-refractivity contribution >= 4 is 11.6 Å². The average Bonchev–Trinajstić information content (AvgIpc) is 2.73. The van der Waals surface area contributed by atoms with Crippen LogP contribution in [0.1, 0.15) is 46.5 Å². The summed E-state index contributed by atoms with van der Waals surface area (Å²) in [5.74, 6) is 2.68. The van der Waals surface area contributed by atoms with Crippen molar-refractivity contribution in [3.8, 4) is 0 Å². The van der Waals surface area contributed by atoms with Crippen molar-refractivity contribution in [2.75, 3.05) is 0 Å². The molecule has 0 aromatic rings. The van der Waals surface area contributed by atoms with Crippen LogP contribution in [0.5, 0.6) is 0 Å². The predicted octanol–water partition coefficient (Wildman–Crippen LogP) is 4.24. The molecule has 2 fully saturated rings. The van der Waals surface area contributed by atoms with E-state index in [1.54, 1.807) is 0 Å². The van der Waals surface area contributed by atoms with Crippen molar-refractivity contribution in [1.29, 1.82) is 0 Å². The fraction of sp³-hybridized carbons (Fsp3) is 1.00. The monoisotopic (exact) mass is 228 g/mol. The molecule has 86 valence electrons. The quantitative estimate of drug-likeness (QED) is 0.392. The highest BCUT2D eigenvalue weighted by molar-refractivity contribution is 6.23. The Balaban J connectivity index is 1.92. The van der Waals surface area contributed by atoms with E-state index in [9.17, 15) is 0 Å². The second kappa shape index (κ2) is 4.04. The summed E-state index contributed by atoms with van der Waals surface area (Å²) >= 11 is 6.00. The summed E-state index contributed by atoms with van der Waals surface area (Å²) in [4.78, 5) is -0.536. The van der Waals surface area contributed by atoms with Gasteiger partial charge in [-0.3, -0.25) is 0 Å². The number of alkyl halides is 1. The lowest BCUT2D eigenvalue weighted by Gasteiger charge is -2.24. The van der Waals surface area contributed by atoms with E-state index < -0.39 is 5.00 Å². The van der Waals surface area contributed by atoms with Gasteiger partial charge in [0.05, 0.1) is 6.04 Å². The van der Waals surface area contributed by atoms with Crippen LogP contribution in [-0.2, 0) is 0 Å². The summed E-state index contributed by atoms with van der Waals surface area (Å²) in [6.07, 6.45) is 5.67. The molecule has 4 unspecified atom stereocenters. The van der Waals surface area contributed by atoms with Crippen LogP contribution in [0.15, 0.2) is 10.2 Å². The summed E-state index contributed by atoms with van der Waals surface area (Å²) in [5, 5.41) is 8.56. The first-order valence-corrected chi connectivity index (χ1v) is 6.44. The lowest BCUT2D eigenvalue weighted by molar-refractivity contribution is 0.286. The fourth-order valence-electron chi connectivity index (χ4n) is 3.20.